The van der Waals surface area contributed by atoms with E-state index in [1.54, 1.807) is 41.8 Å². The molecule has 1 fully saturated rings. The minimum absolute atomic E-state index is 0.00399. The summed E-state index contributed by atoms with van der Waals surface area (Å²) in [4.78, 5) is 37.7. The number of carbonyl (C=O) groups excluding carboxylic acids is 3. The summed E-state index contributed by atoms with van der Waals surface area (Å²) >= 11 is 12.5. The maximum Gasteiger partial charge on any atom is 0.573 e. The average molecular weight is 591 g/mol. The Morgan fingerprint density at radius 3 is 2.38 bits per heavy atom. The van der Waals surface area contributed by atoms with Crippen LogP contribution in [0, 0.1) is 6.92 Å². The molecule has 2 heterocycles. The van der Waals surface area contributed by atoms with Crippen LogP contribution in [0.1, 0.15) is 39.7 Å². The summed E-state index contributed by atoms with van der Waals surface area (Å²) in [7, 11) is 0. The molecule has 3 aromatic carbocycles. The fourth-order valence-corrected chi connectivity index (χ4v) is 5.02. The van der Waals surface area contributed by atoms with E-state index in [9.17, 15) is 27.6 Å². The van der Waals surface area contributed by atoms with Gasteiger partial charge in [-0.3, -0.25) is 14.9 Å². The molecule has 0 spiro atoms. The minimum atomic E-state index is -4.92. The second kappa shape index (κ2) is 9.87. The van der Waals surface area contributed by atoms with E-state index in [0.717, 1.165) is 6.07 Å². The molecule has 0 unspecified atom stereocenters. The number of cyclic esters (lactones) is 1. The molecule has 1 aliphatic heterocycles. The van der Waals surface area contributed by atoms with Crippen LogP contribution in [0.5, 0.6) is 5.75 Å². The molecular weight excluding hydrogens is 572 g/mol. The molecule has 7 nitrogen and oxygen atoms in total. The van der Waals surface area contributed by atoms with E-state index in [1.807, 2.05) is 0 Å². The van der Waals surface area contributed by atoms with Gasteiger partial charge in [0.2, 0.25) is 5.60 Å². The first-order chi connectivity index (χ1) is 18.8. The first-order valence-electron chi connectivity index (χ1n) is 11.8. The average Bonchev–Trinajstić information content (AvgIpc) is 3.30. The summed E-state index contributed by atoms with van der Waals surface area (Å²) < 4.78 is 50.0. The number of carbonyl (C=O) groups is 3. The summed E-state index contributed by atoms with van der Waals surface area (Å²) in [5.41, 5.74) is 0.550. The topological polar surface area (TPSA) is 86.6 Å². The van der Waals surface area contributed by atoms with E-state index in [2.05, 4.69) is 10.1 Å². The third kappa shape index (κ3) is 5.00. The number of fused-ring (bicyclic) bond motifs is 1. The summed E-state index contributed by atoms with van der Waals surface area (Å²) in [5, 5.41) is 3.21. The van der Waals surface area contributed by atoms with Crippen LogP contribution in [-0.2, 0) is 21.7 Å². The number of ketones is 1. The number of nitrogens with zero attached hydrogens (tertiary/aromatic N) is 1. The Kier molecular flexibility index (Phi) is 6.79. The second-order valence-corrected chi connectivity index (χ2v) is 10.1. The van der Waals surface area contributed by atoms with Gasteiger partial charge in [0.15, 0.2) is 5.78 Å². The molecule has 12 heteroatoms. The predicted molar refractivity (Wildman–Crippen MR) is 141 cm³/mol. The van der Waals surface area contributed by atoms with Gasteiger partial charge >= 0.3 is 12.5 Å². The first-order valence-corrected chi connectivity index (χ1v) is 12.5. The normalized spacial score (nSPS) is 17.2. The molecule has 206 valence electrons. The Morgan fingerprint density at radius 2 is 1.75 bits per heavy atom. The Hall–Kier alpha value is -4.02. The van der Waals surface area contributed by atoms with Crippen molar-refractivity contribution in [2.24, 2.45) is 0 Å². The number of alkyl halides is 3. The van der Waals surface area contributed by atoms with Crippen LogP contribution in [0.4, 0.5) is 18.0 Å². The number of hydrogen-bond acceptors (Lipinski definition) is 5. The summed E-state index contributed by atoms with van der Waals surface area (Å²) in [5.74, 6) is -1.48. The van der Waals surface area contributed by atoms with Crippen molar-refractivity contribution in [3.05, 3.63) is 98.7 Å². The van der Waals surface area contributed by atoms with Crippen molar-refractivity contribution in [2.75, 3.05) is 0 Å². The number of amides is 2. The number of alkyl carbamates (subject to hydrolysis) is 1. The number of rotatable bonds is 6. The zero-order chi connectivity index (χ0) is 29.0. The van der Waals surface area contributed by atoms with E-state index >= 15 is 0 Å². The van der Waals surface area contributed by atoms with Crippen LogP contribution in [-0.4, -0.2) is 28.7 Å². The summed E-state index contributed by atoms with van der Waals surface area (Å²) in [6, 6.07) is 14.6. The van der Waals surface area contributed by atoms with Crippen LogP contribution in [0.2, 0.25) is 10.0 Å². The van der Waals surface area contributed by atoms with Crippen LogP contribution in [0.3, 0.4) is 0 Å². The molecule has 40 heavy (non-hydrogen) atoms. The number of benzene rings is 3. The zero-order valence-corrected chi connectivity index (χ0v) is 22.4. The van der Waals surface area contributed by atoms with E-state index in [4.69, 9.17) is 27.9 Å². The Bertz CT molecular complexity index is 1700. The summed E-state index contributed by atoms with van der Waals surface area (Å²) in [6.07, 6.45) is -5.81. The van der Waals surface area contributed by atoms with Gasteiger partial charge in [-0.2, -0.15) is 0 Å². The lowest BCUT2D eigenvalue weighted by atomic mass is 9.94. The molecule has 2 amide bonds. The SMILES string of the molecule is Cc1c(C(=O)c2ccc(Cl)cc2)c2ccc(OC(F)(F)F)cc2n1Cc1cc([C@@]2(C)OC(=O)NC2=O)ccc1Cl. The monoisotopic (exact) mass is 590 g/mol. The molecular formula is C28H19Cl2F3N2O5. The van der Waals surface area contributed by atoms with Gasteiger partial charge in [0, 0.05) is 44.9 Å². The highest BCUT2D eigenvalue weighted by Crippen LogP contribution is 2.36. The van der Waals surface area contributed by atoms with Crippen molar-refractivity contribution in [2.45, 2.75) is 32.4 Å². The van der Waals surface area contributed by atoms with Crippen molar-refractivity contribution in [3.8, 4) is 5.75 Å². The molecule has 0 aliphatic carbocycles. The van der Waals surface area contributed by atoms with Crippen molar-refractivity contribution >= 4 is 51.9 Å². The maximum absolute atomic E-state index is 13.6. The van der Waals surface area contributed by atoms with Crippen molar-refractivity contribution in [3.63, 3.8) is 0 Å². The van der Waals surface area contributed by atoms with Gasteiger partial charge in [-0.1, -0.05) is 29.3 Å². The molecule has 1 aromatic heterocycles. The van der Waals surface area contributed by atoms with Gasteiger partial charge in [0.25, 0.3) is 5.91 Å². The Morgan fingerprint density at radius 1 is 1.05 bits per heavy atom. The predicted octanol–water partition coefficient (Wildman–Crippen LogP) is 6.92. The van der Waals surface area contributed by atoms with Gasteiger partial charge in [0.1, 0.15) is 5.75 Å². The van der Waals surface area contributed by atoms with E-state index in [1.165, 1.54) is 31.2 Å². The first kappa shape index (κ1) is 27.5. The van der Waals surface area contributed by atoms with Gasteiger partial charge in [0.05, 0.1) is 11.1 Å². The number of halogens is 5. The molecule has 1 saturated heterocycles. The highest BCUT2D eigenvalue weighted by Gasteiger charge is 2.46. The maximum atomic E-state index is 13.6. The lowest BCUT2D eigenvalue weighted by molar-refractivity contribution is -0.274. The molecule has 0 saturated carbocycles. The molecule has 0 bridgehead atoms. The number of ether oxygens (including phenoxy) is 2. The minimum Gasteiger partial charge on any atom is -0.428 e. The van der Waals surface area contributed by atoms with Crippen LogP contribution in [0.15, 0.2) is 60.7 Å². The Labute approximate surface area is 235 Å². The van der Waals surface area contributed by atoms with Gasteiger partial charge in [-0.15, -0.1) is 13.2 Å². The highest BCUT2D eigenvalue weighted by atomic mass is 35.5. The lowest BCUT2D eigenvalue weighted by Crippen LogP contribution is -2.33. The van der Waals surface area contributed by atoms with E-state index in [0.29, 0.717) is 32.8 Å². The second-order valence-electron chi connectivity index (χ2n) is 9.29. The summed E-state index contributed by atoms with van der Waals surface area (Å²) in [6.45, 7) is 3.10. The fraction of sp³-hybridized carbons (Fsp3) is 0.179. The quantitative estimate of drug-likeness (QED) is 0.246. The molecule has 1 aliphatic rings. The molecule has 4 aromatic rings. The molecule has 0 radical (unpaired) electrons. The third-order valence-corrected chi connectivity index (χ3v) is 7.35. The third-order valence-electron chi connectivity index (χ3n) is 6.73. The largest absolute Gasteiger partial charge is 0.573 e. The van der Waals surface area contributed by atoms with Gasteiger partial charge in [-0.25, -0.2) is 4.79 Å². The van der Waals surface area contributed by atoms with Crippen LogP contribution < -0.4 is 10.1 Å². The number of imide groups is 1. The molecule has 1 N–H and O–H groups in total. The zero-order valence-electron chi connectivity index (χ0n) is 20.9. The number of nitrogens with one attached hydrogen (secondary N) is 1. The highest BCUT2D eigenvalue weighted by molar-refractivity contribution is 6.31. The fourth-order valence-electron chi connectivity index (χ4n) is 4.71. The number of hydrogen-bond donors (Lipinski definition) is 1. The lowest BCUT2D eigenvalue weighted by Gasteiger charge is -2.21. The van der Waals surface area contributed by atoms with Gasteiger partial charge < -0.3 is 14.0 Å². The van der Waals surface area contributed by atoms with Crippen LogP contribution >= 0.6 is 23.2 Å². The molecule has 1 atom stereocenters. The van der Waals surface area contributed by atoms with Crippen molar-refractivity contribution in [1.29, 1.82) is 0 Å². The molecule has 5 rings (SSSR count). The van der Waals surface area contributed by atoms with Gasteiger partial charge in [-0.05, 0) is 67.9 Å². The standard InChI is InChI=1S/C28H19Cl2F3N2O5/c1-14-23(24(36)15-3-6-18(29)7-4-15)20-9-8-19(39-28(31,32)33)12-22(20)35(14)13-16-11-17(5-10-21(16)30)27(2)25(37)34-26(38)40-27/h3-12H,13H2,1-2H3,(H,34,37,38)/t27-/m1/s1. The number of aromatic nitrogens is 1. The Balaban J connectivity index is 1.65. The van der Waals surface area contributed by atoms with Crippen molar-refractivity contribution < 1.29 is 37.0 Å². The van der Waals surface area contributed by atoms with Crippen molar-refractivity contribution in [1.82, 2.24) is 9.88 Å². The van der Waals surface area contributed by atoms with E-state index in [-0.39, 0.29) is 28.4 Å². The van der Waals surface area contributed by atoms with E-state index < -0.39 is 29.7 Å². The van der Waals surface area contributed by atoms with Crippen LogP contribution in [0.25, 0.3) is 10.9 Å². The smallest absolute Gasteiger partial charge is 0.428 e.